The predicted octanol–water partition coefficient (Wildman–Crippen LogP) is 4.44. The lowest BCUT2D eigenvalue weighted by atomic mass is 10.1. The summed E-state index contributed by atoms with van der Waals surface area (Å²) >= 11 is 11.7. The first-order chi connectivity index (χ1) is 16.1. The number of carboxylic acids is 1. The molecule has 0 saturated carbocycles. The van der Waals surface area contributed by atoms with Crippen molar-refractivity contribution in [2.24, 2.45) is 0 Å². The van der Waals surface area contributed by atoms with Gasteiger partial charge in [0, 0.05) is 22.2 Å². The largest absolute Gasteiger partial charge is 0.478 e. The number of nitrogens with one attached hydrogen (secondary N) is 2. The molecule has 2 heterocycles. The Hall–Kier alpha value is -3.72. The molecule has 0 unspecified atom stereocenters. The van der Waals surface area contributed by atoms with E-state index < -0.39 is 54.4 Å². The molecule has 8 nitrogen and oxygen atoms in total. The first-order valence-corrected chi connectivity index (χ1v) is 11.3. The summed E-state index contributed by atoms with van der Waals surface area (Å²) in [5, 5.41) is 15.4. The SMILES string of the molecule is O=C(O)c1cc(Cl)cc(S(=O)(=O)Nc2ccc(F)c(C#Cc3cnc4[nH]ncc4c3)c2F)c1Cl. The summed E-state index contributed by atoms with van der Waals surface area (Å²) in [6, 6.07) is 5.14. The van der Waals surface area contributed by atoms with Crippen molar-refractivity contribution >= 4 is 55.9 Å². The summed E-state index contributed by atoms with van der Waals surface area (Å²) in [6.07, 6.45) is 2.87. The number of aromatic amines is 1. The van der Waals surface area contributed by atoms with Crippen LogP contribution in [0, 0.1) is 23.5 Å². The Morgan fingerprint density at radius 1 is 1.12 bits per heavy atom. The van der Waals surface area contributed by atoms with Crippen LogP contribution in [0.2, 0.25) is 10.0 Å². The molecule has 0 saturated heterocycles. The number of carboxylic acid groups (broad SMARTS) is 1. The summed E-state index contributed by atoms with van der Waals surface area (Å²) in [5.41, 5.74) is -1.06. The van der Waals surface area contributed by atoms with E-state index >= 15 is 4.39 Å². The van der Waals surface area contributed by atoms with Crippen molar-refractivity contribution in [1.82, 2.24) is 15.2 Å². The summed E-state index contributed by atoms with van der Waals surface area (Å²) in [5.74, 6) is 1.07. The Bertz CT molecular complexity index is 1650. The number of nitrogens with zero attached hydrogens (tertiary/aromatic N) is 2. The first kappa shape index (κ1) is 23.4. The molecule has 0 fully saturated rings. The van der Waals surface area contributed by atoms with Gasteiger partial charge in [0.25, 0.3) is 10.0 Å². The number of anilines is 1. The number of rotatable bonds is 4. The Kier molecular flexibility index (Phi) is 6.14. The van der Waals surface area contributed by atoms with Crippen LogP contribution in [0.25, 0.3) is 11.0 Å². The lowest BCUT2D eigenvalue weighted by Crippen LogP contribution is -2.16. The third-order valence-corrected chi connectivity index (χ3v) is 6.61. The second kappa shape index (κ2) is 8.90. The van der Waals surface area contributed by atoms with Crippen LogP contribution in [-0.4, -0.2) is 34.7 Å². The molecule has 0 bridgehead atoms. The lowest BCUT2D eigenvalue weighted by Gasteiger charge is -2.13. The van der Waals surface area contributed by atoms with Crippen molar-refractivity contribution in [2.75, 3.05) is 4.72 Å². The van der Waals surface area contributed by atoms with Crippen LogP contribution in [0.1, 0.15) is 21.5 Å². The van der Waals surface area contributed by atoms with Gasteiger partial charge >= 0.3 is 5.97 Å². The summed E-state index contributed by atoms with van der Waals surface area (Å²) < 4.78 is 56.9. The van der Waals surface area contributed by atoms with Crippen molar-refractivity contribution < 1.29 is 27.1 Å². The third-order valence-electron chi connectivity index (χ3n) is 4.48. The van der Waals surface area contributed by atoms with Crippen molar-refractivity contribution in [3.05, 3.63) is 81.1 Å². The number of H-pyrrole nitrogens is 1. The van der Waals surface area contributed by atoms with E-state index in [9.17, 15) is 22.7 Å². The van der Waals surface area contributed by atoms with E-state index in [1.54, 1.807) is 6.07 Å². The number of fused-ring (bicyclic) bond motifs is 1. The fourth-order valence-corrected chi connectivity index (χ4v) is 4.86. The minimum absolute atomic E-state index is 0.225. The summed E-state index contributed by atoms with van der Waals surface area (Å²) in [4.78, 5) is 14.7. The number of benzene rings is 2. The molecule has 2 aromatic heterocycles. The molecule has 0 aliphatic heterocycles. The molecule has 0 amide bonds. The van der Waals surface area contributed by atoms with Crippen LogP contribution < -0.4 is 4.72 Å². The second-order valence-corrected chi connectivity index (χ2v) is 9.21. The number of carbonyl (C=O) groups is 1. The van der Waals surface area contributed by atoms with Gasteiger partial charge < -0.3 is 5.11 Å². The first-order valence-electron chi connectivity index (χ1n) is 9.11. The van der Waals surface area contributed by atoms with E-state index in [1.165, 1.54) is 12.4 Å². The minimum atomic E-state index is -4.62. The van der Waals surface area contributed by atoms with Crippen LogP contribution in [0.4, 0.5) is 14.5 Å². The maximum absolute atomic E-state index is 15.0. The fraction of sp³-hybridized carbons (Fsp3) is 0. The Labute approximate surface area is 200 Å². The van der Waals surface area contributed by atoms with E-state index in [1.807, 2.05) is 4.72 Å². The van der Waals surface area contributed by atoms with Gasteiger partial charge in [-0.3, -0.25) is 9.82 Å². The molecule has 172 valence electrons. The average Bonchev–Trinajstić information content (AvgIpc) is 3.24. The molecule has 0 atom stereocenters. The van der Waals surface area contributed by atoms with Crippen molar-refractivity contribution in [2.45, 2.75) is 4.90 Å². The lowest BCUT2D eigenvalue weighted by molar-refractivity contribution is 0.0697. The second-order valence-electron chi connectivity index (χ2n) is 6.74. The van der Waals surface area contributed by atoms with Gasteiger partial charge in [0.15, 0.2) is 11.5 Å². The van der Waals surface area contributed by atoms with Gasteiger partial charge in [-0.15, -0.1) is 0 Å². The van der Waals surface area contributed by atoms with E-state index in [-0.39, 0.29) is 5.02 Å². The number of aromatic carboxylic acids is 1. The van der Waals surface area contributed by atoms with Crippen molar-refractivity contribution in [1.29, 1.82) is 0 Å². The van der Waals surface area contributed by atoms with Crippen molar-refractivity contribution in [3.8, 4) is 11.8 Å². The maximum atomic E-state index is 15.0. The topological polar surface area (TPSA) is 125 Å². The maximum Gasteiger partial charge on any atom is 0.337 e. The number of sulfonamides is 1. The van der Waals surface area contributed by atoms with Crippen LogP contribution in [0.5, 0.6) is 0 Å². The number of hydrogen-bond acceptors (Lipinski definition) is 5. The number of aromatic nitrogens is 3. The highest BCUT2D eigenvalue weighted by atomic mass is 35.5. The Morgan fingerprint density at radius 2 is 1.88 bits per heavy atom. The molecule has 3 N–H and O–H groups in total. The summed E-state index contributed by atoms with van der Waals surface area (Å²) in [6.45, 7) is 0. The van der Waals surface area contributed by atoms with Gasteiger partial charge in [-0.2, -0.15) is 5.10 Å². The summed E-state index contributed by atoms with van der Waals surface area (Å²) in [7, 11) is -4.62. The van der Waals surface area contributed by atoms with Gasteiger partial charge in [-0.25, -0.2) is 27.0 Å². The quantitative estimate of drug-likeness (QED) is 0.340. The van der Waals surface area contributed by atoms with Crippen LogP contribution in [-0.2, 0) is 10.0 Å². The zero-order valence-corrected chi connectivity index (χ0v) is 18.9. The van der Waals surface area contributed by atoms with E-state index in [0.717, 1.165) is 24.3 Å². The van der Waals surface area contributed by atoms with Crippen LogP contribution in [0.15, 0.2) is 47.6 Å². The average molecular weight is 523 g/mol. The zero-order valence-electron chi connectivity index (χ0n) is 16.5. The van der Waals surface area contributed by atoms with E-state index in [0.29, 0.717) is 16.6 Å². The number of hydrogen-bond donors (Lipinski definition) is 3. The van der Waals surface area contributed by atoms with Gasteiger partial charge in [-0.05, 0) is 30.3 Å². The highest BCUT2D eigenvalue weighted by Gasteiger charge is 2.25. The molecular formula is C21H10Cl2F2N4O4S. The van der Waals surface area contributed by atoms with Gasteiger partial charge in [0.2, 0.25) is 0 Å². The molecule has 4 aromatic rings. The Morgan fingerprint density at radius 3 is 2.62 bits per heavy atom. The molecular weight excluding hydrogens is 513 g/mol. The standard InChI is InChI=1S/C21H10Cl2F2N4O4S/c22-12-6-14(21(30)31)18(23)17(7-12)34(32,33)29-16-4-3-15(24)13(19(16)25)2-1-10-5-11-9-27-28-20(11)26-8-10/h3-9,29H,(H,30,31)(H,26,27,28). The van der Waals surface area contributed by atoms with Gasteiger partial charge in [0.1, 0.15) is 10.7 Å². The monoisotopic (exact) mass is 522 g/mol. The third kappa shape index (κ3) is 4.51. The normalized spacial score (nSPS) is 11.2. The number of halogens is 4. The molecule has 4 rings (SSSR count). The molecule has 2 aromatic carbocycles. The van der Waals surface area contributed by atoms with Crippen LogP contribution >= 0.6 is 23.2 Å². The zero-order chi connectivity index (χ0) is 24.6. The van der Waals surface area contributed by atoms with Crippen molar-refractivity contribution in [3.63, 3.8) is 0 Å². The molecule has 13 heteroatoms. The highest BCUT2D eigenvalue weighted by molar-refractivity contribution is 7.92. The van der Waals surface area contributed by atoms with Crippen LogP contribution in [0.3, 0.4) is 0 Å². The smallest absolute Gasteiger partial charge is 0.337 e. The molecule has 34 heavy (non-hydrogen) atoms. The number of pyridine rings is 1. The van der Waals surface area contributed by atoms with Gasteiger partial charge in [-0.1, -0.05) is 35.0 Å². The fourth-order valence-electron chi connectivity index (χ4n) is 2.90. The molecule has 0 spiro atoms. The molecule has 0 radical (unpaired) electrons. The molecule has 0 aliphatic carbocycles. The highest BCUT2D eigenvalue weighted by Crippen LogP contribution is 2.32. The van der Waals surface area contributed by atoms with E-state index in [2.05, 4.69) is 27.0 Å². The molecule has 0 aliphatic rings. The minimum Gasteiger partial charge on any atom is -0.478 e. The van der Waals surface area contributed by atoms with E-state index in [4.69, 9.17) is 23.2 Å². The Balaban J connectivity index is 1.72. The predicted molar refractivity (Wildman–Crippen MR) is 120 cm³/mol. The van der Waals surface area contributed by atoms with Gasteiger partial charge in [0.05, 0.1) is 28.0 Å².